The lowest BCUT2D eigenvalue weighted by atomic mass is 10.1. The van der Waals surface area contributed by atoms with Crippen LogP contribution in [0.3, 0.4) is 0 Å². The molecule has 1 heterocycles. The second-order valence-corrected chi connectivity index (χ2v) is 13.2. The summed E-state index contributed by atoms with van der Waals surface area (Å²) in [5.41, 5.74) is 1.07. The van der Waals surface area contributed by atoms with Gasteiger partial charge >= 0.3 is 5.97 Å². The van der Waals surface area contributed by atoms with E-state index in [0.29, 0.717) is 13.2 Å². The number of hydrogen-bond donors (Lipinski definition) is 0. The summed E-state index contributed by atoms with van der Waals surface area (Å²) in [6.45, 7) is 9.62. The van der Waals surface area contributed by atoms with Gasteiger partial charge in [0.15, 0.2) is 0 Å². The number of esters is 1. The molecular weight excluding hydrogens is 300 g/mol. The molecule has 0 unspecified atom stereocenters. The molecule has 2 rings (SSSR count). The van der Waals surface area contributed by atoms with E-state index in [1.165, 1.54) is 0 Å². The van der Waals surface area contributed by atoms with Crippen molar-refractivity contribution in [2.75, 3.05) is 19.0 Å². The van der Waals surface area contributed by atoms with Crippen molar-refractivity contribution in [3.8, 4) is 0 Å². The number of ether oxygens (including phenoxy) is 2. The van der Waals surface area contributed by atoms with Crippen LogP contribution in [-0.2, 0) is 14.3 Å². The van der Waals surface area contributed by atoms with Crippen molar-refractivity contribution < 1.29 is 14.3 Å². The zero-order chi connectivity index (χ0) is 15.5. The van der Waals surface area contributed by atoms with Gasteiger partial charge in [0, 0.05) is 5.75 Å². The van der Waals surface area contributed by atoms with Crippen molar-refractivity contribution in [3.05, 3.63) is 35.9 Å². The first-order valence-corrected chi connectivity index (χ1v) is 11.9. The maximum atomic E-state index is 12.9. The minimum absolute atomic E-state index is 0.109. The van der Waals surface area contributed by atoms with Gasteiger partial charge in [-0.2, -0.15) is 0 Å². The van der Waals surface area contributed by atoms with Crippen molar-refractivity contribution >= 4 is 25.8 Å². The lowest BCUT2D eigenvalue weighted by Crippen LogP contribution is -2.62. The highest BCUT2D eigenvalue weighted by atomic mass is 32.2. The van der Waals surface area contributed by atoms with Gasteiger partial charge in [-0.1, -0.05) is 50.0 Å². The minimum atomic E-state index is -1.89. The van der Waals surface area contributed by atoms with E-state index in [2.05, 4.69) is 19.6 Å². The Hall–Kier alpha value is -0.783. The monoisotopic (exact) mass is 324 g/mol. The molecule has 0 aromatic heterocycles. The molecule has 1 fully saturated rings. The third-order valence-corrected chi connectivity index (χ3v) is 10.0. The number of rotatable bonds is 4. The number of benzene rings is 1. The van der Waals surface area contributed by atoms with Gasteiger partial charge in [-0.15, -0.1) is 11.8 Å². The first kappa shape index (κ1) is 16.6. The van der Waals surface area contributed by atoms with Crippen molar-refractivity contribution in [1.82, 2.24) is 0 Å². The SMILES string of the molecule is CCOC(=O)[C@]1([Si](C)(C)C)SCCO[C@H]1c1ccccc1. The van der Waals surface area contributed by atoms with Crippen molar-refractivity contribution in [1.29, 1.82) is 0 Å². The molecule has 21 heavy (non-hydrogen) atoms. The molecule has 1 saturated heterocycles. The Bertz CT molecular complexity index is 486. The zero-order valence-electron chi connectivity index (χ0n) is 13.2. The first-order valence-electron chi connectivity index (χ1n) is 7.41. The predicted molar refractivity (Wildman–Crippen MR) is 90.3 cm³/mol. The van der Waals surface area contributed by atoms with Crippen LogP contribution in [0.4, 0.5) is 0 Å². The topological polar surface area (TPSA) is 35.5 Å². The average Bonchev–Trinajstić information content (AvgIpc) is 2.47. The molecule has 0 aliphatic carbocycles. The van der Waals surface area contributed by atoms with E-state index in [0.717, 1.165) is 11.3 Å². The molecule has 1 aliphatic heterocycles. The maximum absolute atomic E-state index is 12.9. The van der Waals surface area contributed by atoms with Crippen LogP contribution in [0, 0.1) is 0 Å². The highest BCUT2D eigenvalue weighted by Gasteiger charge is 2.59. The molecule has 3 nitrogen and oxygen atoms in total. The van der Waals surface area contributed by atoms with Gasteiger partial charge in [-0.05, 0) is 12.5 Å². The fourth-order valence-corrected chi connectivity index (χ4v) is 7.63. The summed E-state index contributed by atoms with van der Waals surface area (Å²) in [6.07, 6.45) is -0.219. The van der Waals surface area contributed by atoms with E-state index in [4.69, 9.17) is 9.47 Å². The van der Waals surface area contributed by atoms with Crippen molar-refractivity contribution in [3.63, 3.8) is 0 Å². The molecule has 1 aromatic carbocycles. The van der Waals surface area contributed by atoms with E-state index >= 15 is 0 Å². The summed E-state index contributed by atoms with van der Waals surface area (Å²) in [6, 6.07) is 10.1. The average molecular weight is 325 g/mol. The van der Waals surface area contributed by atoms with Gasteiger partial charge in [0.2, 0.25) is 0 Å². The molecule has 1 aliphatic rings. The lowest BCUT2D eigenvalue weighted by molar-refractivity contribution is -0.148. The summed E-state index contributed by atoms with van der Waals surface area (Å²) >= 11 is 1.73. The Morgan fingerprint density at radius 1 is 1.38 bits per heavy atom. The van der Waals surface area contributed by atoms with Gasteiger partial charge in [-0.25, -0.2) is 0 Å². The summed E-state index contributed by atoms with van der Waals surface area (Å²) < 4.78 is 11.0. The van der Waals surface area contributed by atoms with Crippen LogP contribution in [0.2, 0.25) is 19.6 Å². The lowest BCUT2D eigenvalue weighted by Gasteiger charge is -2.48. The van der Waals surface area contributed by atoms with E-state index in [1.807, 2.05) is 37.3 Å². The quantitative estimate of drug-likeness (QED) is 0.625. The summed E-state index contributed by atoms with van der Waals surface area (Å²) in [5.74, 6) is 0.731. The summed E-state index contributed by atoms with van der Waals surface area (Å²) in [4.78, 5) is 12.9. The summed E-state index contributed by atoms with van der Waals surface area (Å²) in [7, 11) is -1.89. The van der Waals surface area contributed by atoms with E-state index in [1.54, 1.807) is 11.8 Å². The molecule has 0 radical (unpaired) electrons. The van der Waals surface area contributed by atoms with Gasteiger partial charge in [-0.3, -0.25) is 4.79 Å². The van der Waals surface area contributed by atoms with Gasteiger partial charge in [0.05, 0.1) is 21.3 Å². The molecular formula is C16H24O3SSi. The maximum Gasteiger partial charge on any atom is 0.322 e. The van der Waals surface area contributed by atoms with Crippen molar-refractivity contribution in [2.24, 2.45) is 0 Å². The van der Waals surface area contributed by atoms with Crippen molar-refractivity contribution in [2.45, 2.75) is 37.0 Å². The van der Waals surface area contributed by atoms with Crippen LogP contribution in [0.25, 0.3) is 0 Å². The Kier molecular flexibility index (Phi) is 5.17. The number of thioether (sulfide) groups is 1. The number of hydrogen-bond acceptors (Lipinski definition) is 4. The largest absolute Gasteiger partial charge is 0.465 e. The molecule has 1 aromatic rings. The zero-order valence-corrected chi connectivity index (χ0v) is 15.0. The van der Waals surface area contributed by atoms with Crippen LogP contribution < -0.4 is 0 Å². The highest BCUT2D eigenvalue weighted by Crippen LogP contribution is 2.50. The van der Waals surface area contributed by atoms with Gasteiger partial charge in [0.25, 0.3) is 0 Å². The number of carbonyl (C=O) groups is 1. The molecule has 0 amide bonds. The van der Waals surface area contributed by atoms with Crippen LogP contribution in [0.1, 0.15) is 18.6 Å². The van der Waals surface area contributed by atoms with Gasteiger partial charge < -0.3 is 9.47 Å². The smallest absolute Gasteiger partial charge is 0.322 e. The Morgan fingerprint density at radius 3 is 2.62 bits per heavy atom. The second kappa shape index (κ2) is 6.54. The third kappa shape index (κ3) is 3.05. The highest BCUT2D eigenvalue weighted by molar-refractivity contribution is 8.03. The molecule has 0 saturated carbocycles. The predicted octanol–water partition coefficient (Wildman–Crippen LogP) is 3.67. The molecule has 0 spiro atoms. The van der Waals surface area contributed by atoms with Crippen LogP contribution in [0.5, 0.6) is 0 Å². The normalized spacial score (nSPS) is 26.4. The number of carbonyl (C=O) groups excluding carboxylic acids is 1. The Balaban J connectivity index is 2.51. The fraction of sp³-hybridized carbons (Fsp3) is 0.562. The summed E-state index contributed by atoms with van der Waals surface area (Å²) in [5, 5.41) is 0. The van der Waals surface area contributed by atoms with E-state index in [-0.39, 0.29) is 12.1 Å². The molecule has 0 N–H and O–H groups in total. The third-order valence-electron chi connectivity index (χ3n) is 3.86. The Labute approximate surface area is 132 Å². The molecule has 2 atom stereocenters. The van der Waals surface area contributed by atoms with Crippen LogP contribution >= 0.6 is 11.8 Å². The minimum Gasteiger partial charge on any atom is -0.465 e. The van der Waals surface area contributed by atoms with E-state index < -0.39 is 12.4 Å². The van der Waals surface area contributed by atoms with Gasteiger partial charge in [0.1, 0.15) is 10.5 Å². The first-order chi connectivity index (χ1) is 9.93. The van der Waals surface area contributed by atoms with Crippen LogP contribution in [-0.4, -0.2) is 37.4 Å². The Morgan fingerprint density at radius 2 is 2.05 bits per heavy atom. The molecule has 0 bridgehead atoms. The standard InChI is InChI=1S/C16H24O3SSi/c1-5-18-15(17)16(21(2,3)4)14(19-11-12-20-16)13-9-7-6-8-10-13/h6-10,14H,5,11-12H2,1-4H3/t14-,16-/m0/s1. The second-order valence-electron chi connectivity index (χ2n) is 6.22. The molecule has 5 heteroatoms. The molecule has 116 valence electrons. The fourth-order valence-electron chi connectivity index (χ4n) is 2.84. The van der Waals surface area contributed by atoms with E-state index in [9.17, 15) is 4.79 Å². The van der Waals surface area contributed by atoms with Crippen LogP contribution in [0.15, 0.2) is 30.3 Å².